The number of rotatable bonds is 2. The van der Waals surface area contributed by atoms with Gasteiger partial charge < -0.3 is 14.3 Å². The Kier molecular flexibility index (Phi) is 3.02. The Morgan fingerprint density at radius 3 is 2.26 bits per heavy atom. The molecule has 1 aromatic rings. The Labute approximate surface area is 110 Å². The molecule has 0 aliphatic carbocycles. The van der Waals surface area contributed by atoms with Crippen LogP contribution in [0.15, 0.2) is 17.1 Å². The number of nitro groups is 1. The monoisotopic (exact) mass is 266 g/mol. The average molecular weight is 266 g/mol. The lowest BCUT2D eigenvalue weighted by Crippen LogP contribution is -2.44. The number of aromatic amines is 1. The molecule has 8 heteroatoms. The number of aromatic nitrogens is 1. The third kappa shape index (κ3) is 2.28. The standard InChI is InChI=1S/C11H15BN2O5/c1-10(2)11(3,4)19-12(18-10)8-5-7(14(16)17)6-13-9(8)15/h5-6H,1-4H3,(H,13,15). The van der Waals surface area contributed by atoms with E-state index in [9.17, 15) is 14.9 Å². The van der Waals surface area contributed by atoms with E-state index in [1.165, 1.54) is 6.07 Å². The van der Waals surface area contributed by atoms with Gasteiger partial charge in [0.2, 0.25) is 5.56 Å². The lowest BCUT2D eigenvalue weighted by Gasteiger charge is -2.32. The Morgan fingerprint density at radius 1 is 1.26 bits per heavy atom. The fourth-order valence-electron chi connectivity index (χ4n) is 1.74. The molecule has 1 fully saturated rings. The van der Waals surface area contributed by atoms with Crippen molar-refractivity contribution >= 4 is 18.3 Å². The van der Waals surface area contributed by atoms with Crippen LogP contribution in [0.5, 0.6) is 0 Å². The molecule has 0 spiro atoms. The highest BCUT2D eigenvalue weighted by molar-refractivity contribution is 6.62. The minimum atomic E-state index is -0.909. The fraction of sp³-hybridized carbons (Fsp3) is 0.545. The van der Waals surface area contributed by atoms with Crippen LogP contribution in [0.1, 0.15) is 27.7 Å². The zero-order chi connectivity index (χ0) is 14.4. The predicted octanol–water partition coefficient (Wildman–Crippen LogP) is 0.582. The lowest BCUT2D eigenvalue weighted by molar-refractivity contribution is -0.385. The molecule has 1 aromatic heterocycles. The van der Waals surface area contributed by atoms with Crippen LogP contribution in [-0.2, 0) is 9.31 Å². The molecule has 102 valence electrons. The minimum Gasteiger partial charge on any atom is -0.399 e. The summed E-state index contributed by atoms with van der Waals surface area (Å²) in [4.78, 5) is 24.2. The van der Waals surface area contributed by atoms with Crippen LogP contribution in [0.3, 0.4) is 0 Å². The third-order valence-electron chi connectivity index (χ3n) is 3.63. The average Bonchev–Trinajstić information content (AvgIpc) is 2.48. The summed E-state index contributed by atoms with van der Waals surface area (Å²) in [5.41, 5.74) is -1.76. The molecule has 0 saturated carbocycles. The van der Waals surface area contributed by atoms with Crippen molar-refractivity contribution in [3.05, 3.63) is 32.7 Å². The minimum absolute atomic E-state index is 0.104. The Balaban J connectivity index is 2.42. The van der Waals surface area contributed by atoms with E-state index in [1.54, 1.807) is 0 Å². The molecule has 2 heterocycles. The summed E-state index contributed by atoms with van der Waals surface area (Å²) in [6.07, 6.45) is 1.05. The summed E-state index contributed by atoms with van der Waals surface area (Å²) in [5, 5.41) is 10.7. The maximum Gasteiger partial charge on any atom is 0.500 e. The highest BCUT2D eigenvalue weighted by Gasteiger charge is 2.52. The van der Waals surface area contributed by atoms with Crippen molar-refractivity contribution in [3.8, 4) is 0 Å². The quantitative estimate of drug-likeness (QED) is 0.480. The summed E-state index contributed by atoms with van der Waals surface area (Å²) < 4.78 is 11.4. The second-order valence-electron chi connectivity index (χ2n) is 5.49. The van der Waals surface area contributed by atoms with Crippen LogP contribution < -0.4 is 11.0 Å². The van der Waals surface area contributed by atoms with Crippen molar-refractivity contribution in [1.29, 1.82) is 0 Å². The van der Waals surface area contributed by atoms with Gasteiger partial charge in [-0.05, 0) is 27.7 Å². The van der Waals surface area contributed by atoms with E-state index in [4.69, 9.17) is 9.31 Å². The first kappa shape index (κ1) is 13.8. The van der Waals surface area contributed by atoms with Gasteiger partial charge in [0.25, 0.3) is 5.69 Å². The molecule has 0 bridgehead atoms. The first-order chi connectivity index (χ1) is 8.64. The van der Waals surface area contributed by atoms with E-state index in [0.717, 1.165) is 6.20 Å². The van der Waals surface area contributed by atoms with Gasteiger partial charge >= 0.3 is 7.12 Å². The van der Waals surface area contributed by atoms with Crippen LogP contribution in [-0.4, -0.2) is 28.2 Å². The first-order valence-corrected chi connectivity index (χ1v) is 5.87. The predicted molar refractivity (Wildman–Crippen MR) is 69.4 cm³/mol. The van der Waals surface area contributed by atoms with Crippen molar-refractivity contribution < 1.29 is 14.2 Å². The zero-order valence-corrected chi connectivity index (χ0v) is 11.2. The van der Waals surface area contributed by atoms with Crippen LogP contribution >= 0.6 is 0 Å². The molecule has 0 aromatic carbocycles. The summed E-state index contributed by atoms with van der Waals surface area (Å²) in [6.45, 7) is 7.38. The summed E-state index contributed by atoms with van der Waals surface area (Å²) in [7, 11) is -0.909. The van der Waals surface area contributed by atoms with E-state index in [1.807, 2.05) is 27.7 Å². The van der Waals surface area contributed by atoms with Gasteiger partial charge in [-0.25, -0.2) is 0 Å². The van der Waals surface area contributed by atoms with Gasteiger partial charge in [0, 0.05) is 6.07 Å². The zero-order valence-electron chi connectivity index (χ0n) is 11.2. The van der Waals surface area contributed by atoms with Crippen molar-refractivity contribution in [2.24, 2.45) is 0 Å². The molecule has 2 rings (SSSR count). The van der Waals surface area contributed by atoms with E-state index in [2.05, 4.69) is 4.98 Å². The van der Waals surface area contributed by atoms with Crippen molar-refractivity contribution in [3.63, 3.8) is 0 Å². The van der Waals surface area contributed by atoms with Gasteiger partial charge in [-0.15, -0.1) is 0 Å². The molecule has 1 aliphatic heterocycles. The summed E-state index contributed by atoms with van der Waals surface area (Å²) >= 11 is 0. The summed E-state index contributed by atoms with van der Waals surface area (Å²) in [6, 6.07) is 1.18. The summed E-state index contributed by atoms with van der Waals surface area (Å²) in [5.74, 6) is 0. The lowest BCUT2D eigenvalue weighted by atomic mass is 9.80. The van der Waals surface area contributed by atoms with E-state index in [-0.39, 0.29) is 11.2 Å². The van der Waals surface area contributed by atoms with Gasteiger partial charge in [-0.3, -0.25) is 14.9 Å². The van der Waals surface area contributed by atoms with E-state index in [0.29, 0.717) is 0 Å². The SMILES string of the molecule is CC1(C)OB(c2cc([N+](=O)[O-])c[nH]c2=O)OC1(C)C. The molecule has 0 atom stereocenters. The normalized spacial score (nSPS) is 20.5. The molecule has 19 heavy (non-hydrogen) atoms. The smallest absolute Gasteiger partial charge is 0.399 e. The molecule has 0 unspecified atom stereocenters. The molecular weight excluding hydrogens is 251 g/mol. The molecular formula is C11H15BN2O5. The van der Waals surface area contributed by atoms with Crippen molar-refractivity contribution in [1.82, 2.24) is 4.98 Å². The van der Waals surface area contributed by atoms with Crippen LogP contribution in [0.2, 0.25) is 0 Å². The van der Waals surface area contributed by atoms with Gasteiger partial charge in [-0.1, -0.05) is 0 Å². The van der Waals surface area contributed by atoms with Crippen LogP contribution in [0, 0.1) is 10.1 Å². The topological polar surface area (TPSA) is 94.5 Å². The van der Waals surface area contributed by atoms with Crippen LogP contribution in [0.4, 0.5) is 5.69 Å². The van der Waals surface area contributed by atoms with Gasteiger partial charge in [-0.2, -0.15) is 0 Å². The maximum atomic E-state index is 11.8. The van der Waals surface area contributed by atoms with Gasteiger partial charge in [0.05, 0.1) is 27.8 Å². The Bertz CT molecular complexity index is 565. The molecule has 1 saturated heterocycles. The number of nitrogens with zero attached hydrogens (tertiary/aromatic N) is 1. The Morgan fingerprint density at radius 2 is 1.79 bits per heavy atom. The molecule has 0 amide bonds. The third-order valence-corrected chi connectivity index (χ3v) is 3.63. The van der Waals surface area contributed by atoms with Crippen LogP contribution in [0.25, 0.3) is 0 Å². The molecule has 0 radical (unpaired) electrons. The van der Waals surface area contributed by atoms with Crippen molar-refractivity contribution in [2.75, 3.05) is 0 Å². The largest absolute Gasteiger partial charge is 0.500 e. The second kappa shape index (κ2) is 4.17. The Hall–Kier alpha value is -1.67. The van der Waals surface area contributed by atoms with Gasteiger partial charge in [0.15, 0.2) is 0 Å². The number of hydrogen-bond donors (Lipinski definition) is 1. The number of nitrogens with one attached hydrogen (secondary N) is 1. The van der Waals surface area contributed by atoms with E-state index < -0.39 is 28.8 Å². The van der Waals surface area contributed by atoms with Gasteiger partial charge in [0.1, 0.15) is 0 Å². The number of pyridine rings is 1. The number of H-pyrrole nitrogens is 1. The highest BCUT2D eigenvalue weighted by Crippen LogP contribution is 2.36. The first-order valence-electron chi connectivity index (χ1n) is 5.87. The maximum absolute atomic E-state index is 11.8. The van der Waals surface area contributed by atoms with Crippen molar-refractivity contribution in [2.45, 2.75) is 38.9 Å². The molecule has 1 N–H and O–H groups in total. The highest BCUT2D eigenvalue weighted by atomic mass is 16.7. The molecule has 1 aliphatic rings. The fourth-order valence-corrected chi connectivity index (χ4v) is 1.74. The number of hydrogen-bond acceptors (Lipinski definition) is 5. The molecule has 7 nitrogen and oxygen atoms in total. The van der Waals surface area contributed by atoms with E-state index >= 15 is 0 Å². The second-order valence-corrected chi connectivity index (χ2v) is 5.49.